The largest absolute Gasteiger partial charge is 0.320 e. The summed E-state index contributed by atoms with van der Waals surface area (Å²) in [6, 6.07) is 4.10. The first-order valence-corrected chi connectivity index (χ1v) is 12.2. The lowest BCUT2D eigenvalue weighted by Gasteiger charge is -2.56. The molecule has 7 rings (SSSR count). The Labute approximate surface area is 205 Å². The maximum Gasteiger partial charge on any atom is 0.320 e. The standard InChI is InChI=1S/C24H24ClFN6O3/c25-20-6-18(26)2-1-17(20)11-30-12-19(10-27-30)28-23(33)22-21(32(34)35)13-31(29-22)24-7-14-3-15(8-24)5-16(4-14)9-24/h1-2,6,10,12-16H,3-5,7-9,11H2,(H,28,33). The van der Waals surface area contributed by atoms with E-state index in [1.807, 2.05) is 0 Å². The minimum absolute atomic E-state index is 0.194. The van der Waals surface area contributed by atoms with E-state index in [2.05, 4.69) is 15.5 Å². The van der Waals surface area contributed by atoms with Gasteiger partial charge in [-0.1, -0.05) is 17.7 Å². The zero-order valence-electron chi connectivity index (χ0n) is 18.9. The Balaban J connectivity index is 1.22. The van der Waals surface area contributed by atoms with Gasteiger partial charge in [0.05, 0.1) is 28.9 Å². The first-order chi connectivity index (χ1) is 16.8. The van der Waals surface area contributed by atoms with Gasteiger partial charge in [-0.15, -0.1) is 0 Å². The quantitative estimate of drug-likeness (QED) is 0.380. The van der Waals surface area contributed by atoms with Crippen molar-refractivity contribution in [3.8, 4) is 0 Å². The number of benzene rings is 1. The number of amides is 1. The van der Waals surface area contributed by atoms with Crippen molar-refractivity contribution >= 4 is 28.9 Å². The molecule has 0 unspecified atom stereocenters. The molecule has 0 radical (unpaired) electrons. The topological polar surface area (TPSA) is 108 Å². The molecule has 35 heavy (non-hydrogen) atoms. The van der Waals surface area contributed by atoms with Crippen LogP contribution < -0.4 is 5.32 Å². The maximum absolute atomic E-state index is 13.3. The van der Waals surface area contributed by atoms with E-state index < -0.39 is 16.6 Å². The van der Waals surface area contributed by atoms with Crippen LogP contribution in [0.5, 0.6) is 0 Å². The van der Waals surface area contributed by atoms with Crippen LogP contribution in [0.15, 0.2) is 36.8 Å². The van der Waals surface area contributed by atoms with Crippen molar-refractivity contribution in [1.82, 2.24) is 19.6 Å². The Hall–Kier alpha value is -3.27. The van der Waals surface area contributed by atoms with Gasteiger partial charge in [-0.3, -0.25) is 24.3 Å². The molecule has 2 aromatic heterocycles. The van der Waals surface area contributed by atoms with Crippen molar-refractivity contribution in [3.05, 3.63) is 69.0 Å². The van der Waals surface area contributed by atoms with Crippen LogP contribution in [0.2, 0.25) is 5.02 Å². The number of aromatic nitrogens is 4. The van der Waals surface area contributed by atoms with Crippen molar-refractivity contribution in [2.45, 2.75) is 50.6 Å². The summed E-state index contributed by atoms with van der Waals surface area (Å²) in [5.41, 5.74) is 0.326. The summed E-state index contributed by atoms with van der Waals surface area (Å²) in [5.74, 6) is 0.841. The van der Waals surface area contributed by atoms with E-state index in [1.54, 1.807) is 16.9 Å². The summed E-state index contributed by atoms with van der Waals surface area (Å²) >= 11 is 6.09. The lowest BCUT2D eigenvalue weighted by Crippen LogP contribution is -2.52. The highest BCUT2D eigenvalue weighted by atomic mass is 35.5. The molecule has 4 fully saturated rings. The lowest BCUT2D eigenvalue weighted by molar-refractivity contribution is -0.385. The molecule has 9 nitrogen and oxygen atoms in total. The van der Waals surface area contributed by atoms with Crippen LogP contribution >= 0.6 is 11.6 Å². The number of nitrogens with zero attached hydrogens (tertiary/aromatic N) is 5. The highest BCUT2D eigenvalue weighted by Crippen LogP contribution is 2.58. The predicted octanol–water partition coefficient (Wildman–Crippen LogP) is 5.01. The summed E-state index contributed by atoms with van der Waals surface area (Å²) in [6.07, 6.45) is 11.1. The highest BCUT2D eigenvalue weighted by molar-refractivity contribution is 6.31. The fraction of sp³-hybridized carbons (Fsp3) is 0.458. The molecule has 0 atom stereocenters. The fourth-order valence-electron chi connectivity index (χ4n) is 6.78. The second-order valence-electron chi connectivity index (χ2n) is 10.3. The van der Waals surface area contributed by atoms with Gasteiger partial charge in [-0.25, -0.2) is 4.39 Å². The number of hydrogen-bond acceptors (Lipinski definition) is 5. The van der Waals surface area contributed by atoms with Gasteiger partial charge in [0.1, 0.15) is 12.0 Å². The zero-order chi connectivity index (χ0) is 24.3. The number of halogens is 2. The van der Waals surface area contributed by atoms with E-state index in [-0.39, 0.29) is 28.5 Å². The molecule has 1 aromatic carbocycles. The SMILES string of the molecule is O=C(Nc1cnn(Cc2ccc(F)cc2Cl)c1)c1nn(C23CC4CC(CC(C4)C2)C3)cc1[N+](=O)[O-]. The molecule has 4 saturated carbocycles. The molecule has 4 aliphatic carbocycles. The lowest BCUT2D eigenvalue weighted by atomic mass is 9.53. The minimum atomic E-state index is -0.653. The van der Waals surface area contributed by atoms with Gasteiger partial charge in [0.25, 0.3) is 5.91 Å². The van der Waals surface area contributed by atoms with Gasteiger partial charge in [0.2, 0.25) is 5.69 Å². The maximum atomic E-state index is 13.3. The number of nitro groups is 1. The molecule has 0 aliphatic heterocycles. The molecule has 0 spiro atoms. The van der Waals surface area contributed by atoms with Gasteiger partial charge in [-0.05, 0) is 74.0 Å². The first-order valence-electron chi connectivity index (χ1n) is 11.8. The van der Waals surface area contributed by atoms with E-state index in [0.717, 1.165) is 19.3 Å². The number of anilines is 1. The third kappa shape index (κ3) is 3.99. The molecule has 2 heterocycles. The Bertz CT molecular complexity index is 1300. The third-order valence-corrected chi connectivity index (χ3v) is 8.19. The smallest absolute Gasteiger partial charge is 0.318 e. The van der Waals surface area contributed by atoms with Crippen LogP contribution in [0.4, 0.5) is 15.8 Å². The van der Waals surface area contributed by atoms with Crippen LogP contribution in [0.1, 0.15) is 54.6 Å². The minimum Gasteiger partial charge on any atom is -0.318 e. The number of nitrogens with one attached hydrogen (secondary N) is 1. The Morgan fingerprint density at radius 2 is 1.89 bits per heavy atom. The second-order valence-corrected chi connectivity index (χ2v) is 10.7. The second kappa shape index (κ2) is 8.15. The van der Waals surface area contributed by atoms with E-state index in [4.69, 9.17) is 11.6 Å². The van der Waals surface area contributed by atoms with E-state index in [0.29, 0.717) is 29.0 Å². The van der Waals surface area contributed by atoms with Crippen molar-refractivity contribution in [3.63, 3.8) is 0 Å². The molecule has 11 heteroatoms. The Morgan fingerprint density at radius 3 is 2.51 bits per heavy atom. The van der Waals surface area contributed by atoms with Crippen molar-refractivity contribution in [2.24, 2.45) is 17.8 Å². The number of rotatable bonds is 6. The Kier molecular flexibility index (Phi) is 5.17. The molecular weight excluding hydrogens is 475 g/mol. The van der Waals surface area contributed by atoms with E-state index in [1.165, 1.54) is 48.5 Å². The summed E-state index contributed by atoms with van der Waals surface area (Å²) in [5, 5.41) is 23.4. The third-order valence-electron chi connectivity index (χ3n) is 7.84. The van der Waals surface area contributed by atoms with E-state index >= 15 is 0 Å². The van der Waals surface area contributed by atoms with Gasteiger partial charge in [0, 0.05) is 11.2 Å². The molecule has 4 bridgehead atoms. The molecular formula is C24H24ClFN6O3. The summed E-state index contributed by atoms with van der Waals surface area (Å²) < 4.78 is 16.6. The zero-order valence-corrected chi connectivity index (χ0v) is 19.6. The normalized spacial score (nSPS) is 26.7. The van der Waals surface area contributed by atoms with Gasteiger partial charge in [-0.2, -0.15) is 10.2 Å². The highest BCUT2D eigenvalue weighted by Gasteiger charge is 2.53. The average Bonchev–Trinajstić information content (AvgIpc) is 3.42. The van der Waals surface area contributed by atoms with E-state index in [9.17, 15) is 19.3 Å². The van der Waals surface area contributed by atoms with Crippen molar-refractivity contribution in [2.75, 3.05) is 5.32 Å². The monoisotopic (exact) mass is 498 g/mol. The first kappa shape index (κ1) is 22.2. The molecule has 0 saturated heterocycles. The number of carbonyl (C=O) groups is 1. The summed E-state index contributed by atoms with van der Waals surface area (Å²) in [4.78, 5) is 24.3. The van der Waals surface area contributed by atoms with Crippen LogP contribution in [0.3, 0.4) is 0 Å². The van der Waals surface area contributed by atoms with Crippen LogP contribution in [-0.2, 0) is 12.1 Å². The molecule has 1 amide bonds. The molecule has 1 N–H and O–H groups in total. The Morgan fingerprint density at radius 1 is 1.20 bits per heavy atom. The van der Waals surface area contributed by atoms with Crippen molar-refractivity contribution in [1.29, 1.82) is 0 Å². The number of carbonyl (C=O) groups excluding carboxylic acids is 1. The van der Waals surface area contributed by atoms with Gasteiger partial charge < -0.3 is 5.32 Å². The molecule has 3 aromatic rings. The average molecular weight is 499 g/mol. The number of hydrogen-bond donors (Lipinski definition) is 1. The summed E-state index contributed by atoms with van der Waals surface area (Å²) in [6.45, 7) is 0.274. The van der Waals surface area contributed by atoms with Crippen LogP contribution in [0, 0.1) is 33.7 Å². The van der Waals surface area contributed by atoms with Crippen molar-refractivity contribution < 1.29 is 14.1 Å². The van der Waals surface area contributed by atoms with Gasteiger partial charge >= 0.3 is 5.69 Å². The fourth-order valence-corrected chi connectivity index (χ4v) is 7.00. The summed E-state index contributed by atoms with van der Waals surface area (Å²) in [7, 11) is 0. The molecule has 4 aliphatic rings. The molecule has 182 valence electrons. The van der Waals surface area contributed by atoms with Crippen LogP contribution in [-0.4, -0.2) is 30.4 Å². The van der Waals surface area contributed by atoms with Crippen LogP contribution in [0.25, 0.3) is 0 Å². The predicted molar refractivity (Wildman–Crippen MR) is 126 cm³/mol. The van der Waals surface area contributed by atoms with Gasteiger partial charge in [0.15, 0.2) is 0 Å².